The lowest BCUT2D eigenvalue weighted by atomic mass is 10.0. The first kappa shape index (κ1) is 33.7. The molecule has 0 aliphatic carbocycles. The number of pyridine rings is 1. The van der Waals surface area contributed by atoms with Crippen LogP contribution in [0.2, 0.25) is 0 Å². The molecule has 1 fully saturated rings. The number of hydrogen-bond acceptors (Lipinski definition) is 6. The summed E-state index contributed by atoms with van der Waals surface area (Å²) in [4.78, 5) is 20.4. The summed E-state index contributed by atoms with van der Waals surface area (Å²) in [6.07, 6.45) is 7.22. The molecule has 2 N–H and O–H groups in total. The lowest BCUT2D eigenvalue weighted by Gasteiger charge is -2.41. The van der Waals surface area contributed by atoms with Gasteiger partial charge in [-0.15, -0.1) is 37.2 Å². The maximum Gasteiger partial charge on any atom is 0.304 e. The van der Waals surface area contributed by atoms with Gasteiger partial charge in [0.05, 0.1) is 25.2 Å². The smallest absolute Gasteiger partial charge is 0.304 e. The third kappa shape index (κ3) is 9.90. The van der Waals surface area contributed by atoms with Crippen molar-refractivity contribution in [3.63, 3.8) is 0 Å². The molecule has 3 rings (SSSR count). The van der Waals surface area contributed by atoms with Gasteiger partial charge in [0.15, 0.2) is 0 Å². The Kier molecular flexibility index (Phi) is 16.5. The first-order valence-corrected chi connectivity index (χ1v) is 11.8. The van der Waals surface area contributed by atoms with Crippen molar-refractivity contribution in [3.8, 4) is 5.75 Å². The molecule has 2 aromatic rings. The summed E-state index contributed by atoms with van der Waals surface area (Å²) in [5.74, 6) is -0.0337. The number of methoxy groups -OCH3 is 1. The quantitative estimate of drug-likeness (QED) is 0.359. The molecule has 0 bridgehead atoms. The molecule has 0 saturated carbocycles. The highest BCUT2D eigenvalue weighted by atomic mass is 35.5. The zero-order valence-electron chi connectivity index (χ0n) is 20.6. The van der Waals surface area contributed by atoms with Crippen LogP contribution in [0.4, 0.5) is 0 Å². The summed E-state index contributed by atoms with van der Waals surface area (Å²) in [5, 5.41) is 21.4. The van der Waals surface area contributed by atoms with E-state index in [9.17, 15) is 15.0 Å². The van der Waals surface area contributed by atoms with Crippen LogP contribution in [0.1, 0.15) is 57.1 Å². The molecule has 1 aliphatic rings. The fraction of sp³-hybridized carbons (Fsp3) is 0.600. The van der Waals surface area contributed by atoms with Gasteiger partial charge >= 0.3 is 5.97 Å². The number of carboxylic acid groups (broad SMARTS) is 1. The molecule has 10 heteroatoms. The van der Waals surface area contributed by atoms with Gasteiger partial charge < -0.3 is 14.9 Å². The second-order valence-corrected chi connectivity index (χ2v) is 8.76. The van der Waals surface area contributed by atoms with Gasteiger partial charge in [-0.25, -0.2) is 0 Å². The Balaban J connectivity index is 0.00000385. The van der Waals surface area contributed by atoms with E-state index in [0.29, 0.717) is 13.1 Å². The van der Waals surface area contributed by atoms with Crippen LogP contribution in [0.3, 0.4) is 0 Å². The molecule has 2 heterocycles. The van der Waals surface area contributed by atoms with Crippen molar-refractivity contribution >= 4 is 54.1 Å². The van der Waals surface area contributed by atoms with E-state index < -0.39 is 12.1 Å². The molecule has 200 valence electrons. The van der Waals surface area contributed by atoms with Gasteiger partial charge in [0.1, 0.15) is 5.75 Å². The van der Waals surface area contributed by atoms with Crippen LogP contribution in [-0.4, -0.2) is 76.8 Å². The van der Waals surface area contributed by atoms with Crippen LogP contribution in [0.5, 0.6) is 5.75 Å². The zero-order chi connectivity index (χ0) is 22.9. The molecular formula is C25H40Cl3N3O4. The Morgan fingerprint density at radius 3 is 2.57 bits per heavy atom. The molecule has 2 atom stereocenters. The first-order chi connectivity index (χ1) is 15.5. The largest absolute Gasteiger partial charge is 0.497 e. The molecule has 0 amide bonds. The second-order valence-electron chi connectivity index (χ2n) is 8.76. The molecule has 35 heavy (non-hydrogen) atoms. The van der Waals surface area contributed by atoms with E-state index in [1.165, 1.54) is 25.7 Å². The Morgan fingerprint density at radius 1 is 1.14 bits per heavy atom. The number of nitrogens with zero attached hydrogens (tertiary/aromatic N) is 3. The number of carboxylic acids is 1. The minimum atomic E-state index is -0.763. The minimum Gasteiger partial charge on any atom is -0.497 e. The Hall–Kier alpha value is -1.35. The Labute approximate surface area is 227 Å². The van der Waals surface area contributed by atoms with E-state index in [1.54, 1.807) is 13.3 Å². The fourth-order valence-corrected chi connectivity index (χ4v) is 4.64. The number of hydrogen-bond donors (Lipinski definition) is 2. The molecule has 1 aromatic carbocycles. The van der Waals surface area contributed by atoms with E-state index in [2.05, 4.69) is 21.7 Å². The van der Waals surface area contributed by atoms with Gasteiger partial charge in [0, 0.05) is 43.8 Å². The van der Waals surface area contributed by atoms with E-state index in [0.717, 1.165) is 48.3 Å². The summed E-state index contributed by atoms with van der Waals surface area (Å²) in [6, 6.07) is 7.50. The van der Waals surface area contributed by atoms with Crippen molar-refractivity contribution < 1.29 is 19.7 Å². The first-order valence-electron chi connectivity index (χ1n) is 11.8. The number of halogens is 3. The average Bonchev–Trinajstić information content (AvgIpc) is 2.79. The van der Waals surface area contributed by atoms with E-state index >= 15 is 0 Å². The maximum atomic E-state index is 11.5. The highest BCUT2D eigenvalue weighted by Gasteiger charge is 2.29. The van der Waals surface area contributed by atoms with Crippen LogP contribution in [0, 0.1) is 0 Å². The topological polar surface area (TPSA) is 86.1 Å². The number of piperazine rings is 1. The molecule has 7 nitrogen and oxygen atoms in total. The van der Waals surface area contributed by atoms with Gasteiger partial charge in [0.25, 0.3) is 0 Å². The molecule has 1 aliphatic heterocycles. The Bertz CT molecular complexity index is 890. The van der Waals surface area contributed by atoms with Crippen LogP contribution in [0.15, 0.2) is 30.5 Å². The second kappa shape index (κ2) is 17.2. The minimum absolute atomic E-state index is 0. The number of aliphatic hydroxyl groups is 1. The third-order valence-corrected chi connectivity index (χ3v) is 6.42. The monoisotopic (exact) mass is 551 g/mol. The molecule has 0 unspecified atom stereocenters. The number of carbonyl (C=O) groups is 1. The van der Waals surface area contributed by atoms with Gasteiger partial charge in [-0.2, -0.15) is 0 Å². The summed E-state index contributed by atoms with van der Waals surface area (Å²) >= 11 is 0. The average molecular weight is 553 g/mol. The van der Waals surface area contributed by atoms with Gasteiger partial charge in [-0.3, -0.25) is 19.6 Å². The van der Waals surface area contributed by atoms with Crippen LogP contribution >= 0.6 is 37.2 Å². The van der Waals surface area contributed by atoms with Crippen molar-refractivity contribution in [2.75, 3.05) is 39.8 Å². The Morgan fingerprint density at radius 2 is 1.89 bits per heavy atom. The lowest BCUT2D eigenvalue weighted by molar-refractivity contribution is -0.139. The summed E-state index contributed by atoms with van der Waals surface area (Å²) in [5.41, 5.74) is 1.64. The van der Waals surface area contributed by atoms with E-state index in [-0.39, 0.29) is 49.7 Å². The van der Waals surface area contributed by atoms with E-state index in [1.807, 2.05) is 24.3 Å². The molecular weight excluding hydrogens is 513 g/mol. The van der Waals surface area contributed by atoms with Crippen molar-refractivity contribution in [1.29, 1.82) is 0 Å². The highest BCUT2D eigenvalue weighted by molar-refractivity contribution is 5.86. The number of benzene rings is 1. The number of unbranched alkanes of at least 4 members (excludes halogenated alkanes) is 4. The number of rotatable bonds is 12. The summed E-state index contributed by atoms with van der Waals surface area (Å²) < 4.78 is 5.34. The fourth-order valence-electron chi connectivity index (χ4n) is 4.64. The highest BCUT2D eigenvalue weighted by Crippen LogP contribution is 2.28. The number of aliphatic carboxylic acids is 1. The van der Waals surface area contributed by atoms with Crippen molar-refractivity contribution in [3.05, 3.63) is 36.0 Å². The van der Waals surface area contributed by atoms with E-state index in [4.69, 9.17) is 4.74 Å². The molecule has 1 saturated heterocycles. The number of fused-ring (bicyclic) bond motifs is 1. The predicted octanol–water partition coefficient (Wildman–Crippen LogP) is 4.97. The van der Waals surface area contributed by atoms with Crippen molar-refractivity contribution in [2.24, 2.45) is 0 Å². The van der Waals surface area contributed by atoms with Crippen LogP contribution in [-0.2, 0) is 4.79 Å². The van der Waals surface area contributed by atoms with Crippen LogP contribution < -0.4 is 4.74 Å². The van der Waals surface area contributed by atoms with Gasteiger partial charge in [0.2, 0.25) is 0 Å². The SMILES string of the molecule is CCCCCCCN1CCN(C[C@H](O)c2ccnc3ccc(OC)cc23)C[C@@H]1CC(=O)O.Cl.Cl.Cl. The summed E-state index contributed by atoms with van der Waals surface area (Å²) in [7, 11) is 1.62. The normalized spacial score (nSPS) is 17.1. The third-order valence-electron chi connectivity index (χ3n) is 6.42. The predicted molar refractivity (Wildman–Crippen MR) is 148 cm³/mol. The van der Waals surface area contributed by atoms with Crippen molar-refractivity contribution in [2.45, 2.75) is 57.6 Å². The number of β-amino-alcohol motifs (C(OH)–C–C–N with tert-alkyl or cyclic N) is 1. The van der Waals surface area contributed by atoms with Gasteiger partial charge in [-0.05, 0) is 42.8 Å². The van der Waals surface area contributed by atoms with Crippen LogP contribution in [0.25, 0.3) is 10.9 Å². The number of aromatic nitrogens is 1. The molecule has 0 radical (unpaired) electrons. The standard InChI is InChI=1S/C25H37N3O4.3ClH/c1-3-4-5-6-7-12-28-14-13-27(17-19(28)15-25(30)31)18-24(29)21-10-11-26-23-9-8-20(32-2)16-22(21)23;;;/h8-11,16,19,24,29H,3-7,12-15,17-18H2,1-2H3,(H,30,31);3*1H/t19-,24-;;;/m0.../s1. The van der Waals surface area contributed by atoms with Gasteiger partial charge in [-0.1, -0.05) is 32.6 Å². The molecule has 1 aromatic heterocycles. The maximum absolute atomic E-state index is 11.5. The number of ether oxygens (including phenoxy) is 1. The summed E-state index contributed by atoms with van der Waals surface area (Å²) in [6.45, 7) is 5.95. The molecule has 0 spiro atoms. The number of aliphatic hydroxyl groups excluding tert-OH is 1. The van der Waals surface area contributed by atoms with Crippen molar-refractivity contribution in [1.82, 2.24) is 14.8 Å². The zero-order valence-corrected chi connectivity index (χ0v) is 23.0. The lowest BCUT2D eigenvalue weighted by Crippen LogP contribution is -2.54.